The molecule has 1 saturated carbocycles. The quantitative estimate of drug-likeness (QED) is 0.868. The third-order valence-corrected chi connectivity index (χ3v) is 4.43. The number of methoxy groups -OCH3 is 1. The van der Waals surface area contributed by atoms with Crippen molar-refractivity contribution in [1.82, 2.24) is 0 Å². The standard InChI is InChI=1S/C16H25NO/c1-15(2,12-18-3)13-7-4-5-8-14(13)16(11-17)9-6-10-16/h4-5,7-8H,6,9-12,17H2,1-3H3. The highest BCUT2D eigenvalue weighted by molar-refractivity contribution is 5.41. The average molecular weight is 247 g/mol. The molecule has 1 fully saturated rings. The largest absolute Gasteiger partial charge is 0.384 e. The van der Waals surface area contributed by atoms with E-state index in [0.717, 1.165) is 13.2 Å². The molecule has 1 aliphatic rings. The van der Waals surface area contributed by atoms with Gasteiger partial charge in [-0.1, -0.05) is 44.5 Å². The van der Waals surface area contributed by atoms with Crippen LogP contribution in [0, 0.1) is 0 Å². The van der Waals surface area contributed by atoms with Gasteiger partial charge in [-0.2, -0.15) is 0 Å². The topological polar surface area (TPSA) is 35.2 Å². The van der Waals surface area contributed by atoms with Crippen molar-refractivity contribution in [3.05, 3.63) is 35.4 Å². The van der Waals surface area contributed by atoms with Gasteiger partial charge in [-0.25, -0.2) is 0 Å². The Balaban J connectivity index is 2.43. The third-order valence-electron chi connectivity index (χ3n) is 4.43. The summed E-state index contributed by atoms with van der Waals surface area (Å²) in [7, 11) is 1.77. The van der Waals surface area contributed by atoms with Gasteiger partial charge in [-0.05, 0) is 24.0 Å². The molecule has 2 nitrogen and oxygen atoms in total. The van der Waals surface area contributed by atoms with E-state index in [-0.39, 0.29) is 10.8 Å². The van der Waals surface area contributed by atoms with Crippen molar-refractivity contribution in [2.75, 3.05) is 20.3 Å². The first-order chi connectivity index (χ1) is 8.56. The van der Waals surface area contributed by atoms with Crippen LogP contribution in [0.2, 0.25) is 0 Å². The van der Waals surface area contributed by atoms with Gasteiger partial charge in [0.05, 0.1) is 6.61 Å². The molecule has 2 rings (SSSR count). The fourth-order valence-corrected chi connectivity index (χ4v) is 3.16. The summed E-state index contributed by atoms with van der Waals surface area (Å²) in [6.07, 6.45) is 3.75. The molecular formula is C16H25NO. The summed E-state index contributed by atoms with van der Waals surface area (Å²) in [5.41, 5.74) is 9.17. The molecule has 1 aromatic carbocycles. The van der Waals surface area contributed by atoms with E-state index in [0.29, 0.717) is 0 Å². The molecule has 0 radical (unpaired) electrons. The van der Waals surface area contributed by atoms with Gasteiger partial charge in [-0.15, -0.1) is 0 Å². The summed E-state index contributed by atoms with van der Waals surface area (Å²) in [6, 6.07) is 8.76. The van der Waals surface area contributed by atoms with Crippen molar-refractivity contribution in [2.45, 2.75) is 43.9 Å². The van der Waals surface area contributed by atoms with Gasteiger partial charge in [0.1, 0.15) is 0 Å². The minimum atomic E-state index is 0.0447. The Kier molecular flexibility index (Phi) is 3.79. The molecule has 1 aliphatic carbocycles. The molecule has 100 valence electrons. The summed E-state index contributed by atoms with van der Waals surface area (Å²) < 4.78 is 5.38. The summed E-state index contributed by atoms with van der Waals surface area (Å²) in [6.45, 7) is 5.99. The smallest absolute Gasteiger partial charge is 0.0553 e. The SMILES string of the molecule is COCC(C)(C)c1ccccc1C1(CN)CCC1. The van der Waals surface area contributed by atoms with E-state index in [4.69, 9.17) is 10.5 Å². The fraction of sp³-hybridized carbons (Fsp3) is 0.625. The molecule has 2 heteroatoms. The summed E-state index contributed by atoms with van der Waals surface area (Å²) in [5, 5.41) is 0. The van der Waals surface area contributed by atoms with Crippen LogP contribution in [-0.4, -0.2) is 20.3 Å². The van der Waals surface area contributed by atoms with Crippen molar-refractivity contribution < 1.29 is 4.74 Å². The maximum atomic E-state index is 6.06. The molecule has 0 aromatic heterocycles. The number of benzene rings is 1. The van der Waals surface area contributed by atoms with Crippen molar-refractivity contribution in [3.63, 3.8) is 0 Å². The summed E-state index contributed by atoms with van der Waals surface area (Å²) in [4.78, 5) is 0. The Morgan fingerprint density at radius 3 is 2.44 bits per heavy atom. The summed E-state index contributed by atoms with van der Waals surface area (Å²) in [5.74, 6) is 0. The Hall–Kier alpha value is -0.860. The van der Waals surface area contributed by atoms with Crippen LogP contribution in [0.4, 0.5) is 0 Å². The van der Waals surface area contributed by atoms with Crippen LogP contribution in [0.5, 0.6) is 0 Å². The minimum Gasteiger partial charge on any atom is -0.384 e. The molecule has 0 aliphatic heterocycles. The van der Waals surface area contributed by atoms with E-state index >= 15 is 0 Å². The van der Waals surface area contributed by atoms with Gasteiger partial charge in [0.25, 0.3) is 0 Å². The highest BCUT2D eigenvalue weighted by Gasteiger charge is 2.40. The first kappa shape index (κ1) is 13.6. The molecule has 0 amide bonds. The van der Waals surface area contributed by atoms with Gasteiger partial charge in [-0.3, -0.25) is 0 Å². The Morgan fingerprint density at radius 2 is 1.94 bits per heavy atom. The highest BCUT2D eigenvalue weighted by Crippen LogP contribution is 2.46. The second kappa shape index (κ2) is 5.02. The number of ether oxygens (including phenoxy) is 1. The lowest BCUT2D eigenvalue weighted by Crippen LogP contribution is -2.43. The molecular weight excluding hydrogens is 222 g/mol. The lowest BCUT2D eigenvalue weighted by atomic mass is 9.61. The van der Waals surface area contributed by atoms with Crippen LogP contribution in [0.15, 0.2) is 24.3 Å². The van der Waals surface area contributed by atoms with E-state index in [1.807, 2.05) is 0 Å². The van der Waals surface area contributed by atoms with E-state index < -0.39 is 0 Å². The normalized spacial score (nSPS) is 18.4. The molecule has 0 spiro atoms. The van der Waals surface area contributed by atoms with Gasteiger partial charge in [0.2, 0.25) is 0 Å². The Morgan fingerprint density at radius 1 is 1.28 bits per heavy atom. The summed E-state index contributed by atoms with van der Waals surface area (Å²) >= 11 is 0. The lowest BCUT2D eigenvalue weighted by molar-refractivity contribution is 0.144. The second-order valence-corrected chi connectivity index (χ2v) is 6.20. The number of hydrogen-bond acceptors (Lipinski definition) is 2. The zero-order valence-corrected chi connectivity index (χ0v) is 11.8. The maximum Gasteiger partial charge on any atom is 0.0553 e. The van der Waals surface area contributed by atoms with Crippen molar-refractivity contribution in [3.8, 4) is 0 Å². The van der Waals surface area contributed by atoms with Crippen LogP contribution in [-0.2, 0) is 15.6 Å². The predicted molar refractivity (Wildman–Crippen MR) is 75.9 cm³/mol. The van der Waals surface area contributed by atoms with Gasteiger partial charge >= 0.3 is 0 Å². The Bertz CT molecular complexity index is 402. The molecule has 18 heavy (non-hydrogen) atoms. The van der Waals surface area contributed by atoms with E-state index in [1.54, 1.807) is 7.11 Å². The molecule has 1 aromatic rings. The van der Waals surface area contributed by atoms with Gasteiger partial charge < -0.3 is 10.5 Å². The van der Waals surface area contributed by atoms with Crippen LogP contribution in [0.25, 0.3) is 0 Å². The molecule has 0 heterocycles. The third kappa shape index (κ3) is 2.19. The van der Waals surface area contributed by atoms with E-state index in [9.17, 15) is 0 Å². The zero-order chi connectivity index (χ0) is 13.2. The average Bonchev–Trinajstić information content (AvgIpc) is 2.29. The lowest BCUT2D eigenvalue weighted by Gasteiger charge is -2.44. The zero-order valence-electron chi connectivity index (χ0n) is 11.8. The van der Waals surface area contributed by atoms with Gasteiger partial charge in [0.15, 0.2) is 0 Å². The molecule has 2 N–H and O–H groups in total. The monoisotopic (exact) mass is 247 g/mol. The molecule has 0 atom stereocenters. The van der Waals surface area contributed by atoms with Crippen molar-refractivity contribution in [2.24, 2.45) is 5.73 Å². The van der Waals surface area contributed by atoms with Crippen molar-refractivity contribution >= 4 is 0 Å². The predicted octanol–water partition coefficient (Wildman–Crippen LogP) is 2.99. The highest BCUT2D eigenvalue weighted by atomic mass is 16.5. The molecule has 0 bridgehead atoms. The fourth-order valence-electron chi connectivity index (χ4n) is 3.16. The first-order valence-electron chi connectivity index (χ1n) is 6.85. The number of rotatable bonds is 5. The second-order valence-electron chi connectivity index (χ2n) is 6.20. The van der Waals surface area contributed by atoms with Crippen LogP contribution < -0.4 is 5.73 Å². The molecule has 0 saturated heterocycles. The minimum absolute atomic E-state index is 0.0447. The van der Waals surface area contributed by atoms with Crippen molar-refractivity contribution in [1.29, 1.82) is 0 Å². The van der Waals surface area contributed by atoms with Gasteiger partial charge in [0, 0.05) is 24.5 Å². The van der Waals surface area contributed by atoms with Crippen LogP contribution >= 0.6 is 0 Å². The van der Waals surface area contributed by atoms with E-state index in [1.165, 1.54) is 30.4 Å². The first-order valence-corrected chi connectivity index (χ1v) is 6.85. The van der Waals surface area contributed by atoms with Crippen LogP contribution in [0.3, 0.4) is 0 Å². The molecule has 0 unspecified atom stereocenters. The maximum absolute atomic E-state index is 6.06. The van der Waals surface area contributed by atoms with Crippen LogP contribution in [0.1, 0.15) is 44.2 Å². The number of nitrogens with two attached hydrogens (primary N) is 1. The Labute approximate surface area is 111 Å². The number of hydrogen-bond donors (Lipinski definition) is 1. The van der Waals surface area contributed by atoms with E-state index in [2.05, 4.69) is 38.1 Å².